The molecule has 4 heteroatoms. The molecule has 7 heavy (non-hydrogen) atoms. The monoisotopic (exact) mass is 103 g/mol. The Hall–Kier alpha value is -0.0551. The molecule has 0 amide bonds. The van der Waals surface area contributed by atoms with Crippen LogP contribution in [0.25, 0.3) is 0 Å². The Balaban J connectivity index is 2.68. The molecule has 3 nitrogen and oxygen atoms in total. The van der Waals surface area contributed by atoms with Crippen molar-refractivity contribution in [2.75, 3.05) is 6.54 Å². The first-order valence-electron chi connectivity index (χ1n) is 2.33. The Morgan fingerprint density at radius 1 is 1.43 bits per heavy atom. The lowest BCUT2D eigenvalue weighted by atomic mass is 9.85. The van der Waals surface area contributed by atoms with Crippen molar-refractivity contribution in [2.24, 2.45) is 5.73 Å². The van der Waals surface area contributed by atoms with E-state index < -0.39 is 7.12 Å². The molecule has 0 bridgehead atoms. The van der Waals surface area contributed by atoms with Gasteiger partial charge in [0.05, 0.1) is 0 Å². The summed E-state index contributed by atoms with van der Waals surface area (Å²) < 4.78 is 0. The molecule has 0 aromatic rings. The minimum absolute atomic E-state index is 0.385. The van der Waals surface area contributed by atoms with Crippen LogP contribution >= 0.6 is 0 Å². The van der Waals surface area contributed by atoms with E-state index in [4.69, 9.17) is 15.8 Å². The Labute approximate surface area is 43.3 Å². The van der Waals surface area contributed by atoms with Crippen LogP contribution in [-0.2, 0) is 0 Å². The average Bonchev–Trinajstić information content (AvgIpc) is 1.61. The first kappa shape index (κ1) is 6.94. The molecule has 0 saturated carbocycles. The van der Waals surface area contributed by atoms with E-state index in [1.54, 1.807) is 0 Å². The fraction of sp³-hybridized carbons (Fsp3) is 1.00. The number of rotatable bonds is 3. The van der Waals surface area contributed by atoms with E-state index in [2.05, 4.69) is 0 Å². The average molecular weight is 103 g/mol. The molecule has 0 atom stereocenters. The highest BCUT2D eigenvalue weighted by Gasteiger charge is 2.02. The van der Waals surface area contributed by atoms with Crippen molar-refractivity contribution in [3.05, 3.63) is 0 Å². The van der Waals surface area contributed by atoms with Gasteiger partial charge in [0.1, 0.15) is 0 Å². The largest absolute Gasteiger partial charge is 0.451 e. The van der Waals surface area contributed by atoms with Gasteiger partial charge in [-0.2, -0.15) is 0 Å². The lowest BCUT2D eigenvalue weighted by Gasteiger charge is -1.91. The summed E-state index contributed by atoms with van der Waals surface area (Å²) in [4.78, 5) is 0. The lowest BCUT2D eigenvalue weighted by molar-refractivity contribution is 0.403. The van der Waals surface area contributed by atoms with Crippen LogP contribution in [0.5, 0.6) is 0 Å². The maximum Gasteiger partial charge on any atom is 0.451 e. The molecule has 0 aliphatic heterocycles. The van der Waals surface area contributed by atoms with Crippen LogP contribution < -0.4 is 5.73 Å². The van der Waals surface area contributed by atoms with Gasteiger partial charge in [-0.25, -0.2) is 0 Å². The zero-order valence-electron chi connectivity index (χ0n) is 4.17. The summed E-state index contributed by atoms with van der Waals surface area (Å²) in [6.07, 6.45) is 1.06. The molecule has 0 aliphatic rings. The molecule has 0 fully saturated rings. The summed E-state index contributed by atoms with van der Waals surface area (Å²) in [7, 11) is -1.18. The van der Waals surface area contributed by atoms with E-state index >= 15 is 0 Å². The molecular formula is C3H10BNO2. The van der Waals surface area contributed by atoms with Gasteiger partial charge in [0.2, 0.25) is 0 Å². The first-order chi connectivity index (χ1) is 3.27. The SMILES string of the molecule is NCCCB(O)O. The van der Waals surface area contributed by atoms with Crippen molar-refractivity contribution >= 4 is 7.12 Å². The van der Waals surface area contributed by atoms with Crippen LogP contribution in [0.2, 0.25) is 6.32 Å². The molecule has 0 heterocycles. The first-order valence-corrected chi connectivity index (χ1v) is 2.33. The van der Waals surface area contributed by atoms with Gasteiger partial charge in [0.15, 0.2) is 0 Å². The second-order valence-electron chi connectivity index (χ2n) is 1.41. The van der Waals surface area contributed by atoms with Gasteiger partial charge >= 0.3 is 7.12 Å². The molecule has 0 rings (SSSR count). The van der Waals surface area contributed by atoms with Crippen molar-refractivity contribution in [2.45, 2.75) is 12.7 Å². The van der Waals surface area contributed by atoms with Gasteiger partial charge in [0.25, 0.3) is 0 Å². The van der Waals surface area contributed by atoms with E-state index in [9.17, 15) is 0 Å². The standard InChI is InChI=1S/C3H10BNO2/c5-3-1-2-4(6)7/h6-7H,1-3,5H2. The molecule has 42 valence electrons. The summed E-state index contributed by atoms with van der Waals surface area (Å²) in [5.41, 5.74) is 5.05. The van der Waals surface area contributed by atoms with Crippen molar-refractivity contribution < 1.29 is 10.0 Å². The molecule has 0 radical (unpaired) electrons. The minimum Gasteiger partial charge on any atom is -0.427 e. The maximum atomic E-state index is 8.18. The third kappa shape index (κ3) is 5.94. The van der Waals surface area contributed by atoms with Gasteiger partial charge < -0.3 is 15.8 Å². The van der Waals surface area contributed by atoms with Crippen LogP contribution in [0.15, 0.2) is 0 Å². The molecule has 0 aliphatic carbocycles. The molecular weight excluding hydrogens is 92.8 g/mol. The highest BCUT2D eigenvalue weighted by atomic mass is 16.4. The van der Waals surface area contributed by atoms with Gasteiger partial charge in [-0.3, -0.25) is 0 Å². The van der Waals surface area contributed by atoms with E-state index in [0.717, 1.165) is 0 Å². The lowest BCUT2D eigenvalue weighted by Crippen LogP contribution is -2.12. The van der Waals surface area contributed by atoms with Gasteiger partial charge in [-0.05, 0) is 19.3 Å². The van der Waals surface area contributed by atoms with Crippen LogP contribution in [0.4, 0.5) is 0 Å². The molecule has 0 aromatic heterocycles. The van der Waals surface area contributed by atoms with Gasteiger partial charge in [-0.15, -0.1) is 0 Å². The van der Waals surface area contributed by atoms with E-state index in [0.29, 0.717) is 19.3 Å². The molecule has 0 spiro atoms. The van der Waals surface area contributed by atoms with Crippen LogP contribution in [0.3, 0.4) is 0 Å². The quantitative estimate of drug-likeness (QED) is 0.393. The van der Waals surface area contributed by atoms with Crippen LogP contribution in [0, 0.1) is 0 Å². The molecule has 0 saturated heterocycles. The second kappa shape index (κ2) is 4.11. The fourth-order valence-electron chi connectivity index (χ4n) is 0.300. The van der Waals surface area contributed by atoms with Gasteiger partial charge in [0, 0.05) is 0 Å². The highest BCUT2D eigenvalue weighted by Crippen LogP contribution is 1.86. The maximum absolute atomic E-state index is 8.18. The van der Waals surface area contributed by atoms with Crippen molar-refractivity contribution in [1.82, 2.24) is 0 Å². The molecule has 0 aromatic carbocycles. The Kier molecular flexibility index (Phi) is 4.08. The summed E-state index contributed by atoms with van der Waals surface area (Å²) >= 11 is 0. The summed E-state index contributed by atoms with van der Waals surface area (Å²) in [5.74, 6) is 0. The Morgan fingerprint density at radius 3 is 2.14 bits per heavy atom. The van der Waals surface area contributed by atoms with Crippen molar-refractivity contribution in [3.8, 4) is 0 Å². The zero-order valence-corrected chi connectivity index (χ0v) is 4.17. The van der Waals surface area contributed by atoms with E-state index in [1.165, 1.54) is 0 Å². The number of hydrogen-bond donors (Lipinski definition) is 3. The summed E-state index contributed by atoms with van der Waals surface area (Å²) in [6.45, 7) is 0.525. The number of nitrogens with two attached hydrogens (primary N) is 1. The number of hydrogen-bond acceptors (Lipinski definition) is 3. The smallest absolute Gasteiger partial charge is 0.427 e. The highest BCUT2D eigenvalue weighted by molar-refractivity contribution is 6.40. The summed E-state index contributed by atoms with van der Waals surface area (Å²) in [5, 5.41) is 16.4. The van der Waals surface area contributed by atoms with Gasteiger partial charge in [-0.1, -0.05) is 0 Å². The predicted octanol–water partition coefficient (Wildman–Crippen LogP) is -1.19. The Morgan fingerprint density at radius 2 is 2.00 bits per heavy atom. The zero-order chi connectivity index (χ0) is 5.70. The normalized spacial score (nSPS) is 9.00. The van der Waals surface area contributed by atoms with Crippen LogP contribution in [0.1, 0.15) is 6.42 Å². The van der Waals surface area contributed by atoms with E-state index in [-0.39, 0.29) is 0 Å². The van der Waals surface area contributed by atoms with Crippen molar-refractivity contribution in [3.63, 3.8) is 0 Å². The minimum atomic E-state index is -1.18. The van der Waals surface area contributed by atoms with Crippen molar-refractivity contribution in [1.29, 1.82) is 0 Å². The molecule has 0 unspecified atom stereocenters. The van der Waals surface area contributed by atoms with Crippen LogP contribution in [-0.4, -0.2) is 23.7 Å². The fourth-order valence-corrected chi connectivity index (χ4v) is 0.300. The molecule has 4 N–H and O–H groups in total. The third-order valence-corrected chi connectivity index (χ3v) is 0.666. The van der Waals surface area contributed by atoms with E-state index in [1.807, 2.05) is 0 Å². The topological polar surface area (TPSA) is 66.5 Å². The predicted molar refractivity (Wildman–Crippen MR) is 28.7 cm³/mol. The third-order valence-electron chi connectivity index (χ3n) is 0.666. The Bertz CT molecular complexity index is 41.9. The second-order valence-corrected chi connectivity index (χ2v) is 1.41. The summed E-state index contributed by atoms with van der Waals surface area (Å²) in [6, 6.07) is 0.